The van der Waals surface area contributed by atoms with E-state index >= 15 is 0 Å². The third-order valence-electron chi connectivity index (χ3n) is 5.23. The Bertz CT molecular complexity index is 822. The molecule has 6 heteroatoms. The molecule has 0 atom stereocenters. The van der Waals surface area contributed by atoms with Crippen molar-refractivity contribution in [1.82, 2.24) is 9.88 Å². The zero-order valence-electron chi connectivity index (χ0n) is 15.4. The maximum absolute atomic E-state index is 12.5. The van der Waals surface area contributed by atoms with Gasteiger partial charge in [0.05, 0.1) is 0 Å². The van der Waals surface area contributed by atoms with Gasteiger partial charge in [0.1, 0.15) is 5.69 Å². The minimum Gasteiger partial charge on any atom is -0.372 e. The Kier molecular flexibility index (Phi) is 5.05. The number of nitrogens with one attached hydrogen (secondary N) is 1. The van der Waals surface area contributed by atoms with Gasteiger partial charge in [0.25, 0.3) is 11.8 Å². The van der Waals surface area contributed by atoms with Crippen molar-refractivity contribution in [3.05, 3.63) is 53.9 Å². The van der Waals surface area contributed by atoms with Crippen LogP contribution in [0.25, 0.3) is 0 Å². The van der Waals surface area contributed by atoms with Crippen molar-refractivity contribution in [1.29, 1.82) is 0 Å². The lowest BCUT2D eigenvalue weighted by molar-refractivity contribution is 0.0792. The molecule has 6 nitrogen and oxygen atoms in total. The molecule has 2 aliphatic rings. The molecule has 2 aliphatic heterocycles. The van der Waals surface area contributed by atoms with Crippen LogP contribution in [0.3, 0.4) is 0 Å². The van der Waals surface area contributed by atoms with E-state index < -0.39 is 0 Å². The molecule has 2 aromatic rings. The summed E-state index contributed by atoms with van der Waals surface area (Å²) >= 11 is 0. The SMILES string of the molecule is O=C(Nc1ccc(N2CCCC2)cc1)c1cc(C(=O)N2CCCC2)ccn1. The number of hydrogen-bond donors (Lipinski definition) is 1. The van der Waals surface area contributed by atoms with Crippen molar-refractivity contribution < 1.29 is 9.59 Å². The van der Waals surface area contributed by atoms with Gasteiger partial charge in [0.2, 0.25) is 0 Å². The highest BCUT2D eigenvalue weighted by molar-refractivity contribution is 6.04. The van der Waals surface area contributed by atoms with E-state index in [4.69, 9.17) is 0 Å². The smallest absolute Gasteiger partial charge is 0.274 e. The van der Waals surface area contributed by atoms with Crippen molar-refractivity contribution in [2.24, 2.45) is 0 Å². The number of aromatic nitrogens is 1. The third kappa shape index (κ3) is 3.94. The fraction of sp³-hybridized carbons (Fsp3) is 0.381. The summed E-state index contributed by atoms with van der Waals surface area (Å²) in [5.41, 5.74) is 2.67. The molecule has 1 aromatic carbocycles. The van der Waals surface area contributed by atoms with Crippen LogP contribution >= 0.6 is 0 Å². The van der Waals surface area contributed by atoms with Gasteiger partial charge in [-0.3, -0.25) is 14.6 Å². The fourth-order valence-electron chi connectivity index (χ4n) is 3.72. The van der Waals surface area contributed by atoms with Gasteiger partial charge in [-0.25, -0.2) is 0 Å². The predicted octanol–water partition coefficient (Wildman–Crippen LogP) is 3.17. The minimum absolute atomic E-state index is 0.0288. The van der Waals surface area contributed by atoms with Crippen LogP contribution in [0.2, 0.25) is 0 Å². The zero-order chi connectivity index (χ0) is 18.6. The lowest BCUT2D eigenvalue weighted by Gasteiger charge is -2.18. The van der Waals surface area contributed by atoms with Gasteiger partial charge in [0.15, 0.2) is 0 Å². The lowest BCUT2D eigenvalue weighted by Crippen LogP contribution is -2.28. The van der Waals surface area contributed by atoms with Gasteiger partial charge < -0.3 is 15.1 Å². The molecule has 3 heterocycles. The Hall–Kier alpha value is -2.89. The quantitative estimate of drug-likeness (QED) is 0.905. The molecule has 1 aromatic heterocycles. The molecule has 4 rings (SSSR count). The third-order valence-corrected chi connectivity index (χ3v) is 5.23. The highest BCUT2D eigenvalue weighted by Gasteiger charge is 2.21. The summed E-state index contributed by atoms with van der Waals surface area (Å²) < 4.78 is 0. The Labute approximate surface area is 159 Å². The summed E-state index contributed by atoms with van der Waals surface area (Å²) in [4.78, 5) is 33.4. The number of pyridine rings is 1. The first-order chi connectivity index (χ1) is 13.2. The molecular weight excluding hydrogens is 340 g/mol. The van der Waals surface area contributed by atoms with Crippen LogP contribution in [0.5, 0.6) is 0 Å². The number of carbonyl (C=O) groups excluding carboxylic acids is 2. The predicted molar refractivity (Wildman–Crippen MR) is 105 cm³/mol. The number of hydrogen-bond acceptors (Lipinski definition) is 4. The van der Waals surface area contributed by atoms with E-state index in [2.05, 4.69) is 15.2 Å². The van der Waals surface area contributed by atoms with Crippen LogP contribution in [0.4, 0.5) is 11.4 Å². The molecule has 27 heavy (non-hydrogen) atoms. The normalized spacial score (nSPS) is 16.6. The van der Waals surface area contributed by atoms with Gasteiger partial charge in [-0.15, -0.1) is 0 Å². The van der Waals surface area contributed by atoms with Crippen LogP contribution in [-0.2, 0) is 0 Å². The number of amides is 2. The zero-order valence-corrected chi connectivity index (χ0v) is 15.4. The molecule has 0 spiro atoms. The maximum atomic E-state index is 12.5. The van der Waals surface area contributed by atoms with E-state index in [0.717, 1.165) is 44.7 Å². The first kappa shape index (κ1) is 17.5. The summed E-state index contributed by atoms with van der Waals surface area (Å²) in [7, 11) is 0. The number of benzene rings is 1. The fourth-order valence-corrected chi connectivity index (χ4v) is 3.72. The molecule has 0 unspecified atom stereocenters. The Balaban J connectivity index is 1.43. The molecule has 1 N–H and O–H groups in total. The maximum Gasteiger partial charge on any atom is 0.274 e. The first-order valence-corrected chi connectivity index (χ1v) is 9.62. The van der Waals surface area contributed by atoms with Crippen LogP contribution in [-0.4, -0.2) is 47.9 Å². The van der Waals surface area contributed by atoms with Crippen LogP contribution < -0.4 is 10.2 Å². The molecule has 2 fully saturated rings. The number of carbonyl (C=O) groups is 2. The second-order valence-electron chi connectivity index (χ2n) is 7.12. The number of nitrogens with zero attached hydrogens (tertiary/aromatic N) is 3. The van der Waals surface area contributed by atoms with Crippen molar-refractivity contribution in [2.75, 3.05) is 36.4 Å². The number of anilines is 2. The van der Waals surface area contributed by atoms with E-state index in [1.165, 1.54) is 24.7 Å². The van der Waals surface area contributed by atoms with E-state index in [9.17, 15) is 9.59 Å². The summed E-state index contributed by atoms with van der Waals surface area (Å²) in [5, 5.41) is 2.87. The number of rotatable bonds is 4. The molecule has 2 saturated heterocycles. The average Bonchev–Trinajstić information content (AvgIpc) is 3.42. The summed E-state index contributed by atoms with van der Waals surface area (Å²) in [5.74, 6) is -0.334. The summed E-state index contributed by atoms with van der Waals surface area (Å²) in [6.07, 6.45) is 6.07. The largest absolute Gasteiger partial charge is 0.372 e. The van der Waals surface area contributed by atoms with E-state index in [-0.39, 0.29) is 17.5 Å². The highest BCUT2D eigenvalue weighted by atomic mass is 16.2. The topological polar surface area (TPSA) is 65.5 Å². The second-order valence-corrected chi connectivity index (χ2v) is 7.12. The van der Waals surface area contributed by atoms with Crippen molar-refractivity contribution in [3.8, 4) is 0 Å². The monoisotopic (exact) mass is 364 g/mol. The van der Waals surface area contributed by atoms with Gasteiger partial charge >= 0.3 is 0 Å². The van der Waals surface area contributed by atoms with Gasteiger partial charge in [0, 0.05) is 49.3 Å². The van der Waals surface area contributed by atoms with Crippen LogP contribution in [0, 0.1) is 0 Å². The van der Waals surface area contributed by atoms with Gasteiger partial charge in [-0.2, -0.15) is 0 Å². The molecule has 2 amide bonds. The molecule has 0 aliphatic carbocycles. The molecule has 0 radical (unpaired) electrons. The minimum atomic E-state index is -0.306. The summed E-state index contributed by atoms with van der Waals surface area (Å²) in [6, 6.07) is 11.1. The van der Waals surface area contributed by atoms with Crippen molar-refractivity contribution >= 4 is 23.2 Å². The van der Waals surface area contributed by atoms with Gasteiger partial charge in [-0.1, -0.05) is 0 Å². The van der Waals surface area contributed by atoms with Gasteiger partial charge in [-0.05, 0) is 62.1 Å². The highest BCUT2D eigenvalue weighted by Crippen LogP contribution is 2.22. The number of likely N-dealkylation sites (tertiary alicyclic amines) is 1. The van der Waals surface area contributed by atoms with E-state index in [0.29, 0.717) is 5.56 Å². The standard InChI is InChI=1S/C21H24N4O2/c26-20(23-17-5-7-18(8-6-17)24-11-1-2-12-24)19-15-16(9-10-22-19)21(27)25-13-3-4-14-25/h5-10,15H,1-4,11-14H2,(H,23,26). The Morgan fingerprint density at radius 2 is 1.56 bits per heavy atom. The molecular formula is C21H24N4O2. The van der Waals surface area contributed by atoms with Crippen LogP contribution in [0.1, 0.15) is 46.5 Å². The Morgan fingerprint density at radius 3 is 2.26 bits per heavy atom. The molecule has 0 saturated carbocycles. The van der Waals surface area contributed by atoms with E-state index in [1.54, 1.807) is 12.1 Å². The lowest BCUT2D eigenvalue weighted by atomic mass is 10.2. The summed E-state index contributed by atoms with van der Waals surface area (Å²) in [6.45, 7) is 3.75. The first-order valence-electron chi connectivity index (χ1n) is 9.62. The second kappa shape index (κ2) is 7.78. The van der Waals surface area contributed by atoms with E-state index in [1.807, 2.05) is 29.2 Å². The van der Waals surface area contributed by atoms with Crippen molar-refractivity contribution in [3.63, 3.8) is 0 Å². The Morgan fingerprint density at radius 1 is 0.889 bits per heavy atom. The average molecular weight is 364 g/mol. The van der Waals surface area contributed by atoms with Crippen molar-refractivity contribution in [2.45, 2.75) is 25.7 Å². The van der Waals surface area contributed by atoms with Crippen LogP contribution in [0.15, 0.2) is 42.6 Å². The molecule has 0 bridgehead atoms. The molecule has 140 valence electrons.